The highest BCUT2D eigenvalue weighted by molar-refractivity contribution is 7.17. The maximum atomic E-state index is 12.7. The molecule has 0 aliphatic rings. The van der Waals surface area contributed by atoms with Crippen molar-refractivity contribution in [1.82, 2.24) is 0 Å². The van der Waals surface area contributed by atoms with Crippen molar-refractivity contribution in [2.24, 2.45) is 5.73 Å². The van der Waals surface area contributed by atoms with Crippen LogP contribution in [0.1, 0.15) is 33.3 Å². The van der Waals surface area contributed by atoms with Gasteiger partial charge in [0.25, 0.3) is 11.8 Å². The summed E-state index contributed by atoms with van der Waals surface area (Å²) in [4.78, 5) is 25.8. The summed E-state index contributed by atoms with van der Waals surface area (Å²) in [5.74, 6) is 0.0459. The van der Waals surface area contributed by atoms with E-state index in [1.807, 2.05) is 43.3 Å². The Hall–Kier alpha value is -3.32. The molecule has 0 saturated heterocycles. The SMILES string of the molecule is COc1ccccc1OC(C)C(=O)Nc1sc(Cc2ccccc2)c(C)c1C(N)=O. The molecule has 7 heteroatoms. The Morgan fingerprint density at radius 2 is 1.70 bits per heavy atom. The minimum atomic E-state index is -0.804. The topological polar surface area (TPSA) is 90.7 Å². The Morgan fingerprint density at radius 1 is 1.07 bits per heavy atom. The molecular formula is C23H24N2O4S. The summed E-state index contributed by atoms with van der Waals surface area (Å²) in [5, 5.41) is 3.25. The van der Waals surface area contributed by atoms with Crippen LogP contribution in [-0.4, -0.2) is 25.0 Å². The fourth-order valence-electron chi connectivity index (χ4n) is 3.07. The van der Waals surface area contributed by atoms with Gasteiger partial charge < -0.3 is 20.5 Å². The van der Waals surface area contributed by atoms with Crippen LogP contribution < -0.4 is 20.5 Å². The first-order valence-corrected chi connectivity index (χ1v) is 10.3. The lowest BCUT2D eigenvalue weighted by Crippen LogP contribution is -2.30. The molecule has 1 atom stereocenters. The van der Waals surface area contributed by atoms with E-state index < -0.39 is 12.0 Å². The molecule has 0 bridgehead atoms. The third-order valence-electron chi connectivity index (χ3n) is 4.68. The van der Waals surface area contributed by atoms with Gasteiger partial charge in [-0.1, -0.05) is 42.5 Å². The molecule has 2 aromatic carbocycles. The fraction of sp³-hybridized carbons (Fsp3) is 0.217. The van der Waals surface area contributed by atoms with Crippen molar-refractivity contribution in [3.05, 3.63) is 76.2 Å². The second-order valence-corrected chi connectivity index (χ2v) is 7.89. The van der Waals surface area contributed by atoms with Gasteiger partial charge in [-0.25, -0.2) is 0 Å². The molecule has 1 aromatic heterocycles. The highest BCUT2D eigenvalue weighted by Gasteiger charge is 2.24. The van der Waals surface area contributed by atoms with Crippen molar-refractivity contribution in [2.45, 2.75) is 26.4 Å². The number of rotatable bonds is 8. The number of nitrogens with one attached hydrogen (secondary N) is 1. The molecule has 0 saturated carbocycles. The number of carbonyl (C=O) groups is 2. The number of hydrogen-bond acceptors (Lipinski definition) is 5. The van der Waals surface area contributed by atoms with E-state index in [9.17, 15) is 9.59 Å². The minimum Gasteiger partial charge on any atom is -0.493 e. The van der Waals surface area contributed by atoms with Crippen LogP contribution >= 0.6 is 11.3 Å². The average molecular weight is 425 g/mol. The van der Waals surface area contributed by atoms with Crippen LogP contribution in [-0.2, 0) is 11.2 Å². The number of primary amides is 1. The molecule has 2 amide bonds. The molecule has 1 unspecified atom stereocenters. The molecule has 1 heterocycles. The standard InChI is InChI=1S/C23H24N2O4S/c1-14-19(13-16-9-5-4-6-10-16)30-23(20(14)21(24)26)25-22(27)15(2)29-18-12-8-7-11-17(18)28-3/h4-12,15H,13H2,1-3H3,(H2,24,26)(H,25,27). The number of para-hydroxylation sites is 2. The number of anilines is 1. The van der Waals surface area contributed by atoms with E-state index in [1.54, 1.807) is 25.1 Å². The zero-order valence-electron chi connectivity index (χ0n) is 17.1. The smallest absolute Gasteiger partial charge is 0.265 e. The molecule has 6 nitrogen and oxygen atoms in total. The molecule has 0 aliphatic carbocycles. The van der Waals surface area contributed by atoms with Crippen molar-refractivity contribution in [3.63, 3.8) is 0 Å². The monoisotopic (exact) mass is 424 g/mol. The second-order valence-electron chi connectivity index (χ2n) is 6.78. The predicted octanol–water partition coefficient (Wildman–Crippen LogP) is 4.16. The van der Waals surface area contributed by atoms with Gasteiger partial charge in [0.1, 0.15) is 5.00 Å². The van der Waals surface area contributed by atoms with Gasteiger partial charge in [-0.2, -0.15) is 0 Å². The molecule has 3 aromatic rings. The summed E-state index contributed by atoms with van der Waals surface area (Å²) in [6, 6.07) is 17.0. The molecule has 3 rings (SSSR count). The fourth-order valence-corrected chi connectivity index (χ4v) is 4.32. The first-order chi connectivity index (χ1) is 14.4. The number of ether oxygens (including phenoxy) is 2. The summed E-state index contributed by atoms with van der Waals surface area (Å²) in [5.41, 5.74) is 7.84. The lowest BCUT2D eigenvalue weighted by atomic mass is 10.1. The van der Waals surface area contributed by atoms with Gasteiger partial charge in [-0.3, -0.25) is 9.59 Å². The van der Waals surface area contributed by atoms with Crippen LogP contribution in [0.15, 0.2) is 54.6 Å². The average Bonchev–Trinajstić information content (AvgIpc) is 3.03. The van der Waals surface area contributed by atoms with Crippen LogP contribution in [0, 0.1) is 6.92 Å². The van der Waals surface area contributed by atoms with Crippen molar-refractivity contribution in [2.75, 3.05) is 12.4 Å². The first-order valence-electron chi connectivity index (χ1n) is 9.47. The molecule has 3 N–H and O–H groups in total. The highest BCUT2D eigenvalue weighted by Crippen LogP contribution is 2.35. The maximum Gasteiger partial charge on any atom is 0.265 e. The minimum absolute atomic E-state index is 0.337. The van der Waals surface area contributed by atoms with Crippen LogP contribution in [0.25, 0.3) is 0 Å². The molecule has 156 valence electrons. The molecule has 0 aliphatic heterocycles. The normalized spacial score (nSPS) is 11.6. The van der Waals surface area contributed by atoms with E-state index in [-0.39, 0.29) is 5.91 Å². The van der Waals surface area contributed by atoms with Crippen molar-refractivity contribution >= 4 is 28.2 Å². The van der Waals surface area contributed by atoms with E-state index >= 15 is 0 Å². The van der Waals surface area contributed by atoms with Gasteiger partial charge in [0.15, 0.2) is 17.6 Å². The summed E-state index contributed by atoms with van der Waals surface area (Å²) in [6.07, 6.45) is -0.150. The van der Waals surface area contributed by atoms with Crippen molar-refractivity contribution < 1.29 is 19.1 Å². The van der Waals surface area contributed by atoms with Gasteiger partial charge >= 0.3 is 0 Å². The molecule has 0 fully saturated rings. The van der Waals surface area contributed by atoms with E-state index in [1.165, 1.54) is 18.4 Å². The molecule has 30 heavy (non-hydrogen) atoms. The second kappa shape index (κ2) is 9.45. The highest BCUT2D eigenvalue weighted by atomic mass is 32.1. The third kappa shape index (κ3) is 4.80. The summed E-state index contributed by atoms with van der Waals surface area (Å²) in [6.45, 7) is 3.48. The number of nitrogens with two attached hydrogens (primary N) is 1. The van der Waals surface area contributed by atoms with Crippen LogP contribution in [0.3, 0.4) is 0 Å². The van der Waals surface area contributed by atoms with Crippen LogP contribution in [0.4, 0.5) is 5.00 Å². The van der Waals surface area contributed by atoms with Gasteiger partial charge in [0.05, 0.1) is 12.7 Å². The summed E-state index contributed by atoms with van der Waals surface area (Å²) < 4.78 is 11.0. The maximum absolute atomic E-state index is 12.7. The third-order valence-corrected chi connectivity index (χ3v) is 5.89. The van der Waals surface area contributed by atoms with E-state index in [0.29, 0.717) is 28.5 Å². The zero-order valence-corrected chi connectivity index (χ0v) is 17.9. The Bertz CT molecular complexity index is 1050. The van der Waals surface area contributed by atoms with Crippen molar-refractivity contribution in [1.29, 1.82) is 0 Å². The Morgan fingerprint density at radius 3 is 2.33 bits per heavy atom. The molecular weight excluding hydrogens is 400 g/mol. The first kappa shape index (κ1) is 21.4. The van der Waals surface area contributed by atoms with Gasteiger partial charge in [-0.05, 0) is 37.1 Å². The van der Waals surface area contributed by atoms with E-state index in [4.69, 9.17) is 15.2 Å². The lowest BCUT2D eigenvalue weighted by Gasteiger charge is -2.16. The number of amides is 2. The summed E-state index contributed by atoms with van der Waals surface area (Å²) in [7, 11) is 1.54. The predicted molar refractivity (Wildman–Crippen MR) is 119 cm³/mol. The van der Waals surface area contributed by atoms with Crippen LogP contribution in [0.5, 0.6) is 11.5 Å². The van der Waals surface area contributed by atoms with E-state index in [0.717, 1.165) is 16.0 Å². The number of hydrogen-bond donors (Lipinski definition) is 2. The van der Waals surface area contributed by atoms with Gasteiger partial charge in [0, 0.05) is 11.3 Å². The zero-order chi connectivity index (χ0) is 21.7. The molecule has 0 spiro atoms. The molecule has 0 radical (unpaired) electrons. The number of thiophene rings is 1. The lowest BCUT2D eigenvalue weighted by molar-refractivity contribution is -0.122. The van der Waals surface area contributed by atoms with Gasteiger partial charge in [0.2, 0.25) is 0 Å². The van der Waals surface area contributed by atoms with Crippen molar-refractivity contribution in [3.8, 4) is 11.5 Å². The number of carbonyl (C=O) groups excluding carboxylic acids is 2. The quantitative estimate of drug-likeness (QED) is 0.568. The Kier molecular flexibility index (Phi) is 6.74. The van der Waals surface area contributed by atoms with Gasteiger partial charge in [-0.15, -0.1) is 11.3 Å². The summed E-state index contributed by atoms with van der Waals surface area (Å²) >= 11 is 1.36. The number of methoxy groups -OCH3 is 1. The Balaban J connectivity index is 1.80. The van der Waals surface area contributed by atoms with E-state index in [2.05, 4.69) is 5.32 Å². The Labute approximate surface area is 179 Å². The largest absolute Gasteiger partial charge is 0.493 e. The van der Waals surface area contributed by atoms with Crippen LogP contribution in [0.2, 0.25) is 0 Å². The number of benzene rings is 2.